The number of piperidine rings is 1. The molecule has 0 spiro atoms. The average Bonchev–Trinajstić information content (AvgIpc) is 2.90. The highest BCUT2D eigenvalue weighted by Crippen LogP contribution is 2.24. The fourth-order valence-electron chi connectivity index (χ4n) is 3.27. The van der Waals surface area contributed by atoms with Crippen molar-refractivity contribution in [2.24, 2.45) is 5.92 Å². The van der Waals surface area contributed by atoms with Crippen LogP contribution in [0.15, 0.2) is 16.7 Å². The lowest BCUT2D eigenvalue weighted by Crippen LogP contribution is -2.41. The predicted molar refractivity (Wildman–Crippen MR) is 93.0 cm³/mol. The maximum absolute atomic E-state index is 13.0. The Labute approximate surface area is 148 Å². The van der Waals surface area contributed by atoms with Crippen molar-refractivity contribution in [3.05, 3.63) is 33.7 Å². The number of pyridine rings is 1. The number of carbonyl (C=O) groups is 2. The zero-order valence-corrected chi connectivity index (χ0v) is 15.6. The quantitative estimate of drug-likeness (QED) is 0.735. The summed E-state index contributed by atoms with van der Waals surface area (Å²) in [5.74, 6) is -0.341. The zero-order chi connectivity index (χ0) is 17.4. The lowest BCUT2D eigenvalue weighted by molar-refractivity contribution is -0.146. The van der Waals surface area contributed by atoms with Crippen molar-refractivity contribution in [1.82, 2.24) is 14.3 Å². The Kier molecular flexibility index (Phi) is 4.62. The first-order chi connectivity index (χ1) is 11.4. The van der Waals surface area contributed by atoms with Gasteiger partial charge in [0.2, 0.25) is 0 Å². The van der Waals surface area contributed by atoms with Gasteiger partial charge in [-0.1, -0.05) is 0 Å². The van der Waals surface area contributed by atoms with Gasteiger partial charge in [-0.2, -0.15) is 0 Å². The molecule has 3 rings (SSSR count). The van der Waals surface area contributed by atoms with E-state index in [1.165, 1.54) is 7.11 Å². The molecule has 1 amide bonds. The average molecular weight is 394 g/mol. The van der Waals surface area contributed by atoms with E-state index in [1.807, 2.05) is 30.5 Å². The summed E-state index contributed by atoms with van der Waals surface area (Å²) in [5.41, 5.74) is 3.11. The zero-order valence-electron chi connectivity index (χ0n) is 14.0. The van der Waals surface area contributed by atoms with Crippen molar-refractivity contribution >= 4 is 33.5 Å². The second kappa shape index (κ2) is 6.55. The fraction of sp³-hybridized carbons (Fsp3) is 0.471. The number of rotatable bonds is 2. The molecule has 2 aromatic rings. The molecule has 1 aliphatic rings. The number of aryl methyl sites for hydroxylation is 2. The summed E-state index contributed by atoms with van der Waals surface area (Å²) in [6, 6.07) is 1.98. The predicted octanol–water partition coefficient (Wildman–Crippen LogP) is 2.74. The summed E-state index contributed by atoms with van der Waals surface area (Å²) in [4.78, 5) is 31.0. The standard InChI is InChI=1S/C17H20BrN3O3/c1-10-8-13(18)9-21-14(11(2)19-15(10)21)16(22)20-6-4-12(5-7-20)17(23)24-3/h8-9,12H,4-7H2,1-3H3. The monoisotopic (exact) mass is 393 g/mol. The summed E-state index contributed by atoms with van der Waals surface area (Å²) in [6.45, 7) is 4.94. The molecule has 0 unspecified atom stereocenters. The summed E-state index contributed by atoms with van der Waals surface area (Å²) in [7, 11) is 1.40. The van der Waals surface area contributed by atoms with Crippen LogP contribution in [0.2, 0.25) is 0 Å². The third-order valence-corrected chi connectivity index (χ3v) is 5.00. The normalized spacial score (nSPS) is 15.8. The molecule has 0 aromatic carbocycles. The largest absolute Gasteiger partial charge is 0.469 e. The number of methoxy groups -OCH3 is 1. The number of imidazole rings is 1. The summed E-state index contributed by atoms with van der Waals surface area (Å²) in [6.07, 6.45) is 3.14. The van der Waals surface area contributed by atoms with Crippen molar-refractivity contribution in [3.8, 4) is 0 Å². The number of halogens is 1. The number of amides is 1. The van der Waals surface area contributed by atoms with Gasteiger partial charge in [0.1, 0.15) is 11.3 Å². The van der Waals surface area contributed by atoms with Crippen LogP contribution >= 0.6 is 15.9 Å². The van der Waals surface area contributed by atoms with Crippen molar-refractivity contribution in [3.63, 3.8) is 0 Å². The van der Waals surface area contributed by atoms with E-state index < -0.39 is 0 Å². The van der Waals surface area contributed by atoms with E-state index in [0.717, 1.165) is 21.4 Å². The molecule has 0 atom stereocenters. The van der Waals surface area contributed by atoms with Crippen molar-refractivity contribution in [2.75, 3.05) is 20.2 Å². The van der Waals surface area contributed by atoms with Crippen LogP contribution in [0.25, 0.3) is 5.65 Å². The first kappa shape index (κ1) is 17.0. The van der Waals surface area contributed by atoms with Gasteiger partial charge in [-0.05, 0) is 54.2 Å². The van der Waals surface area contributed by atoms with E-state index in [9.17, 15) is 9.59 Å². The molecule has 1 saturated heterocycles. The molecule has 6 nitrogen and oxygen atoms in total. The van der Waals surface area contributed by atoms with Crippen LogP contribution in [0.5, 0.6) is 0 Å². The first-order valence-electron chi connectivity index (χ1n) is 7.94. The summed E-state index contributed by atoms with van der Waals surface area (Å²) in [5, 5.41) is 0. The van der Waals surface area contributed by atoms with Gasteiger partial charge in [0.05, 0.1) is 18.7 Å². The number of likely N-dealkylation sites (tertiary alicyclic amines) is 1. The van der Waals surface area contributed by atoms with Gasteiger partial charge in [0.15, 0.2) is 0 Å². The van der Waals surface area contributed by atoms with Gasteiger partial charge in [-0.25, -0.2) is 4.98 Å². The van der Waals surface area contributed by atoms with Crippen molar-refractivity contribution < 1.29 is 14.3 Å². The SMILES string of the molecule is COC(=O)C1CCN(C(=O)c2c(C)nc3c(C)cc(Br)cn23)CC1. The molecule has 0 aliphatic carbocycles. The van der Waals surface area contributed by atoms with Crippen LogP contribution in [0.1, 0.15) is 34.6 Å². The van der Waals surface area contributed by atoms with E-state index in [4.69, 9.17) is 4.74 Å². The maximum Gasteiger partial charge on any atom is 0.308 e. The smallest absolute Gasteiger partial charge is 0.308 e. The topological polar surface area (TPSA) is 63.9 Å². The fourth-order valence-corrected chi connectivity index (χ4v) is 3.82. The number of esters is 1. The van der Waals surface area contributed by atoms with Crippen LogP contribution < -0.4 is 0 Å². The van der Waals surface area contributed by atoms with Crippen molar-refractivity contribution in [2.45, 2.75) is 26.7 Å². The first-order valence-corrected chi connectivity index (χ1v) is 8.73. The molecule has 24 heavy (non-hydrogen) atoms. The highest BCUT2D eigenvalue weighted by Gasteiger charge is 2.30. The van der Waals surface area contributed by atoms with E-state index in [-0.39, 0.29) is 17.8 Å². The van der Waals surface area contributed by atoms with Crippen LogP contribution in [0, 0.1) is 19.8 Å². The van der Waals surface area contributed by atoms with Gasteiger partial charge in [-0.3, -0.25) is 14.0 Å². The number of fused-ring (bicyclic) bond motifs is 1. The molecule has 3 heterocycles. The molecule has 2 aromatic heterocycles. The minimum Gasteiger partial charge on any atom is -0.469 e. The number of nitrogens with zero attached hydrogens (tertiary/aromatic N) is 3. The molecular weight excluding hydrogens is 374 g/mol. The van der Waals surface area contributed by atoms with E-state index >= 15 is 0 Å². The summed E-state index contributed by atoms with van der Waals surface area (Å²) >= 11 is 3.48. The third kappa shape index (κ3) is 2.92. The number of ether oxygens (including phenoxy) is 1. The molecule has 128 valence electrons. The number of hydrogen-bond donors (Lipinski definition) is 0. The Bertz CT molecular complexity index is 807. The van der Waals surface area contributed by atoms with Crippen LogP contribution in [0.4, 0.5) is 0 Å². The molecule has 0 radical (unpaired) electrons. The lowest BCUT2D eigenvalue weighted by atomic mass is 9.97. The van der Waals surface area contributed by atoms with Gasteiger partial charge < -0.3 is 9.64 Å². The Morgan fingerprint density at radius 1 is 1.29 bits per heavy atom. The minimum absolute atomic E-state index is 0.0409. The second-order valence-electron chi connectivity index (χ2n) is 6.17. The summed E-state index contributed by atoms with van der Waals surface area (Å²) < 4.78 is 7.56. The Hall–Kier alpha value is -1.89. The Morgan fingerprint density at radius 3 is 2.58 bits per heavy atom. The maximum atomic E-state index is 13.0. The number of hydrogen-bond acceptors (Lipinski definition) is 4. The van der Waals surface area contributed by atoms with Gasteiger partial charge in [-0.15, -0.1) is 0 Å². The minimum atomic E-state index is -0.187. The van der Waals surface area contributed by atoms with E-state index in [0.29, 0.717) is 31.6 Å². The van der Waals surface area contributed by atoms with Crippen LogP contribution in [-0.4, -0.2) is 46.4 Å². The van der Waals surface area contributed by atoms with Crippen LogP contribution in [0.3, 0.4) is 0 Å². The third-order valence-electron chi connectivity index (χ3n) is 4.56. The Morgan fingerprint density at radius 2 is 1.96 bits per heavy atom. The van der Waals surface area contributed by atoms with Gasteiger partial charge >= 0.3 is 5.97 Å². The van der Waals surface area contributed by atoms with E-state index in [1.54, 1.807) is 4.90 Å². The molecule has 0 N–H and O–H groups in total. The number of carbonyl (C=O) groups excluding carboxylic acids is 2. The molecular formula is C17H20BrN3O3. The molecule has 0 bridgehead atoms. The van der Waals surface area contributed by atoms with E-state index in [2.05, 4.69) is 20.9 Å². The lowest BCUT2D eigenvalue weighted by Gasteiger charge is -2.30. The highest BCUT2D eigenvalue weighted by atomic mass is 79.9. The molecule has 7 heteroatoms. The van der Waals surface area contributed by atoms with Gasteiger partial charge in [0.25, 0.3) is 5.91 Å². The van der Waals surface area contributed by atoms with Gasteiger partial charge in [0, 0.05) is 23.8 Å². The molecule has 1 aliphatic heterocycles. The second-order valence-corrected chi connectivity index (χ2v) is 7.09. The molecule has 0 saturated carbocycles. The van der Waals surface area contributed by atoms with Crippen LogP contribution in [-0.2, 0) is 9.53 Å². The highest BCUT2D eigenvalue weighted by molar-refractivity contribution is 9.10. The van der Waals surface area contributed by atoms with Crippen molar-refractivity contribution in [1.29, 1.82) is 0 Å². The Balaban J connectivity index is 1.88. The number of aromatic nitrogens is 2. The molecule has 1 fully saturated rings.